The monoisotopic (exact) mass is 356 g/mol. The second-order valence-electron chi connectivity index (χ2n) is 5.23. The molecule has 1 aromatic carbocycles. The highest BCUT2D eigenvalue weighted by Gasteiger charge is 2.40. The molecule has 1 saturated heterocycles. The van der Waals surface area contributed by atoms with Crippen LogP contribution in [0.2, 0.25) is 5.02 Å². The van der Waals surface area contributed by atoms with Crippen LogP contribution in [0.5, 0.6) is 0 Å². The summed E-state index contributed by atoms with van der Waals surface area (Å²) in [5, 5.41) is 2.63. The lowest BCUT2D eigenvalue weighted by Gasteiger charge is -2.28. The number of anilines is 1. The zero-order chi connectivity index (χ0) is 17.8. The van der Waals surface area contributed by atoms with E-state index in [1.807, 2.05) is 6.07 Å². The molecule has 2 heterocycles. The van der Waals surface area contributed by atoms with Gasteiger partial charge in [-0.2, -0.15) is 0 Å². The first-order chi connectivity index (χ1) is 12.1. The first kappa shape index (κ1) is 16.8. The number of nitrogens with one attached hydrogen (secondary N) is 1. The molecule has 7 nitrogen and oxygen atoms in total. The predicted octanol–water partition coefficient (Wildman–Crippen LogP) is 2.21. The third kappa shape index (κ3) is 3.72. The number of aromatic nitrogens is 1. The number of pyridine rings is 1. The summed E-state index contributed by atoms with van der Waals surface area (Å²) in [6, 6.07) is 10.7. The molecule has 1 aromatic heterocycles. The van der Waals surface area contributed by atoms with E-state index in [2.05, 4.69) is 15.3 Å². The number of urea groups is 1. The van der Waals surface area contributed by atoms with E-state index in [-0.39, 0.29) is 6.54 Å². The van der Waals surface area contributed by atoms with Gasteiger partial charge in [0.15, 0.2) is 5.92 Å². The van der Waals surface area contributed by atoms with E-state index in [1.54, 1.807) is 30.5 Å². The van der Waals surface area contributed by atoms with Crippen LogP contribution in [0.4, 0.5) is 10.5 Å². The van der Waals surface area contributed by atoms with Gasteiger partial charge in [0.05, 0.1) is 17.9 Å². The van der Waals surface area contributed by atoms with Crippen LogP contribution in [0.1, 0.15) is 5.69 Å². The van der Waals surface area contributed by atoms with Gasteiger partial charge in [-0.1, -0.05) is 17.7 Å². The number of carbonyl (C=O) groups excluding carboxylic acids is 3. The Kier molecular flexibility index (Phi) is 4.85. The number of hydrogen-bond acceptors (Lipinski definition) is 5. The molecule has 126 valence electrons. The molecule has 25 heavy (non-hydrogen) atoms. The number of halogens is 1. The SMILES string of the molecule is O=C1NC(=O)N(c2ccc(Cl)cc2)C(=O)[C@@H]1C=NCc1ccccn1. The molecule has 0 spiro atoms. The molecule has 1 N–H and O–H groups in total. The van der Waals surface area contributed by atoms with E-state index >= 15 is 0 Å². The molecular formula is C17H13ClN4O3. The van der Waals surface area contributed by atoms with Crippen molar-refractivity contribution in [2.45, 2.75) is 6.54 Å². The van der Waals surface area contributed by atoms with Crippen LogP contribution in [0.3, 0.4) is 0 Å². The Morgan fingerprint density at radius 2 is 1.92 bits per heavy atom. The zero-order valence-corrected chi connectivity index (χ0v) is 13.7. The molecule has 8 heteroatoms. The fourth-order valence-corrected chi connectivity index (χ4v) is 2.43. The summed E-state index contributed by atoms with van der Waals surface area (Å²) >= 11 is 5.82. The number of amides is 4. The summed E-state index contributed by atoms with van der Waals surface area (Å²) in [4.78, 5) is 45.7. The number of hydrogen-bond donors (Lipinski definition) is 1. The molecule has 0 saturated carbocycles. The zero-order valence-electron chi connectivity index (χ0n) is 12.9. The lowest BCUT2D eigenvalue weighted by Crippen LogP contribution is -2.58. The molecule has 0 bridgehead atoms. The Hall–Kier alpha value is -3.06. The number of rotatable bonds is 4. The van der Waals surface area contributed by atoms with Crippen molar-refractivity contribution >= 4 is 41.3 Å². The Morgan fingerprint density at radius 1 is 1.16 bits per heavy atom. The number of aliphatic imine (C=N–C) groups is 1. The van der Waals surface area contributed by atoms with E-state index in [9.17, 15) is 14.4 Å². The van der Waals surface area contributed by atoms with Crippen LogP contribution in [0.15, 0.2) is 53.7 Å². The van der Waals surface area contributed by atoms with Gasteiger partial charge in [-0.25, -0.2) is 9.69 Å². The third-order valence-corrected chi connectivity index (χ3v) is 3.77. The highest BCUT2D eigenvalue weighted by molar-refractivity contribution is 6.33. The van der Waals surface area contributed by atoms with Crippen LogP contribution < -0.4 is 10.2 Å². The maximum Gasteiger partial charge on any atom is 0.335 e. The van der Waals surface area contributed by atoms with Crippen molar-refractivity contribution in [2.24, 2.45) is 10.9 Å². The van der Waals surface area contributed by atoms with Gasteiger partial charge >= 0.3 is 6.03 Å². The van der Waals surface area contributed by atoms with Crippen molar-refractivity contribution < 1.29 is 14.4 Å². The fourth-order valence-electron chi connectivity index (χ4n) is 2.30. The van der Waals surface area contributed by atoms with E-state index in [1.165, 1.54) is 18.3 Å². The standard InChI is InChI=1S/C17H13ClN4O3/c18-11-4-6-13(7-5-11)22-16(24)14(15(23)21-17(22)25)10-19-9-12-3-1-2-8-20-12/h1-8,10,14H,9H2,(H,21,23,25)/t14-/m1/s1. The lowest BCUT2D eigenvalue weighted by atomic mass is 10.1. The maximum atomic E-state index is 12.6. The first-order valence-corrected chi connectivity index (χ1v) is 7.78. The molecular weight excluding hydrogens is 344 g/mol. The van der Waals surface area contributed by atoms with Gasteiger partial charge in [0.1, 0.15) is 0 Å². The number of nitrogens with zero attached hydrogens (tertiary/aromatic N) is 3. The van der Waals surface area contributed by atoms with Crippen LogP contribution in [0, 0.1) is 5.92 Å². The number of benzene rings is 1. The van der Waals surface area contributed by atoms with Crippen molar-refractivity contribution in [2.75, 3.05) is 4.90 Å². The lowest BCUT2D eigenvalue weighted by molar-refractivity contribution is -0.131. The summed E-state index contributed by atoms with van der Waals surface area (Å²) in [7, 11) is 0. The molecule has 0 unspecified atom stereocenters. The van der Waals surface area contributed by atoms with Crippen LogP contribution in [-0.4, -0.2) is 29.0 Å². The van der Waals surface area contributed by atoms with Crippen molar-refractivity contribution in [1.29, 1.82) is 0 Å². The summed E-state index contributed by atoms with van der Waals surface area (Å²) in [5.41, 5.74) is 1.02. The quantitative estimate of drug-likeness (QED) is 0.671. The molecule has 4 amide bonds. The Balaban J connectivity index is 1.79. The first-order valence-electron chi connectivity index (χ1n) is 7.40. The third-order valence-electron chi connectivity index (χ3n) is 3.52. The molecule has 1 aliphatic rings. The summed E-state index contributed by atoms with van der Waals surface area (Å²) in [6.45, 7) is 0.229. The van der Waals surface area contributed by atoms with Gasteiger partial charge < -0.3 is 0 Å². The molecule has 1 fully saturated rings. The second kappa shape index (κ2) is 7.23. The smallest absolute Gasteiger partial charge is 0.290 e. The van der Waals surface area contributed by atoms with Gasteiger partial charge in [-0.05, 0) is 36.4 Å². The summed E-state index contributed by atoms with van der Waals surface area (Å²) in [5.74, 6) is -2.55. The van der Waals surface area contributed by atoms with Crippen molar-refractivity contribution in [3.8, 4) is 0 Å². The molecule has 1 atom stereocenters. The minimum Gasteiger partial charge on any atom is -0.290 e. The van der Waals surface area contributed by atoms with Gasteiger partial charge in [-0.15, -0.1) is 0 Å². The van der Waals surface area contributed by atoms with Crippen LogP contribution in [-0.2, 0) is 16.1 Å². The molecule has 1 aliphatic heterocycles. The maximum absolute atomic E-state index is 12.6. The molecule has 0 aliphatic carbocycles. The number of carbonyl (C=O) groups is 3. The highest BCUT2D eigenvalue weighted by atomic mass is 35.5. The fraction of sp³-hybridized carbons (Fsp3) is 0.118. The van der Waals surface area contributed by atoms with Crippen LogP contribution in [0.25, 0.3) is 0 Å². The summed E-state index contributed by atoms with van der Waals surface area (Å²) < 4.78 is 0. The van der Waals surface area contributed by atoms with E-state index in [0.717, 1.165) is 4.90 Å². The predicted molar refractivity (Wildman–Crippen MR) is 92.4 cm³/mol. The van der Waals surface area contributed by atoms with E-state index in [0.29, 0.717) is 16.4 Å². The van der Waals surface area contributed by atoms with Crippen molar-refractivity contribution in [3.63, 3.8) is 0 Å². The molecule has 3 rings (SSSR count). The van der Waals surface area contributed by atoms with Gasteiger partial charge in [0.25, 0.3) is 5.91 Å². The van der Waals surface area contributed by atoms with Gasteiger partial charge in [0, 0.05) is 17.4 Å². The largest absolute Gasteiger partial charge is 0.335 e. The Labute approximate surface area is 148 Å². The molecule has 0 radical (unpaired) electrons. The van der Waals surface area contributed by atoms with Crippen LogP contribution >= 0.6 is 11.6 Å². The Bertz CT molecular complexity index is 837. The normalized spacial score (nSPS) is 17.9. The van der Waals surface area contributed by atoms with Gasteiger partial charge in [-0.3, -0.25) is 24.9 Å². The highest BCUT2D eigenvalue weighted by Crippen LogP contribution is 2.22. The van der Waals surface area contributed by atoms with Gasteiger partial charge in [0.2, 0.25) is 5.91 Å². The average molecular weight is 357 g/mol. The minimum atomic E-state index is -1.18. The van der Waals surface area contributed by atoms with Crippen molar-refractivity contribution in [3.05, 3.63) is 59.4 Å². The molecule has 2 aromatic rings. The topological polar surface area (TPSA) is 91.7 Å². The number of imide groups is 2. The second-order valence-corrected chi connectivity index (χ2v) is 5.67. The number of barbiturate groups is 1. The summed E-state index contributed by atoms with van der Waals surface area (Å²) in [6.07, 6.45) is 2.87. The average Bonchev–Trinajstić information content (AvgIpc) is 2.60. The van der Waals surface area contributed by atoms with E-state index in [4.69, 9.17) is 11.6 Å². The van der Waals surface area contributed by atoms with E-state index < -0.39 is 23.8 Å². The Morgan fingerprint density at radius 3 is 2.60 bits per heavy atom. The van der Waals surface area contributed by atoms with Crippen molar-refractivity contribution in [1.82, 2.24) is 10.3 Å². The minimum absolute atomic E-state index is 0.229.